The standard InChI is InChI=1S/C14H18O5S/c1-3-20(17,18)12-11(10-7-5-4-6-8-10)14(12,9-19-2)13(15)16/h4-8,11-12H,3,9H2,1-2H3,(H,15,16)/t11-,12+,14-/m0/s1. The van der Waals surface area contributed by atoms with Crippen LogP contribution in [0.2, 0.25) is 0 Å². The SMILES string of the molecule is CCS(=O)(=O)[C@@H]1[C@H](c2ccccc2)[C@]1(COC)C(=O)O. The van der Waals surface area contributed by atoms with Crippen molar-refractivity contribution < 1.29 is 23.1 Å². The molecule has 1 N–H and O–H groups in total. The van der Waals surface area contributed by atoms with E-state index in [1.165, 1.54) is 14.0 Å². The largest absolute Gasteiger partial charge is 0.481 e. The van der Waals surface area contributed by atoms with Crippen molar-refractivity contribution in [3.8, 4) is 0 Å². The monoisotopic (exact) mass is 298 g/mol. The molecule has 110 valence electrons. The molecule has 0 heterocycles. The number of carboxylic acids is 1. The van der Waals surface area contributed by atoms with Gasteiger partial charge in [0.25, 0.3) is 0 Å². The number of aliphatic carboxylic acids is 1. The molecule has 1 aliphatic rings. The van der Waals surface area contributed by atoms with E-state index in [0.717, 1.165) is 5.56 Å². The number of rotatable bonds is 6. The Morgan fingerprint density at radius 3 is 2.40 bits per heavy atom. The van der Waals surface area contributed by atoms with Gasteiger partial charge in [-0.05, 0) is 5.56 Å². The average Bonchev–Trinajstić information content (AvgIpc) is 3.11. The first-order valence-electron chi connectivity index (χ1n) is 6.40. The molecule has 0 amide bonds. The van der Waals surface area contributed by atoms with Gasteiger partial charge in [-0.1, -0.05) is 37.3 Å². The second-order valence-electron chi connectivity index (χ2n) is 5.04. The van der Waals surface area contributed by atoms with Gasteiger partial charge in [0.15, 0.2) is 9.84 Å². The van der Waals surface area contributed by atoms with Gasteiger partial charge in [0.05, 0.1) is 11.9 Å². The summed E-state index contributed by atoms with van der Waals surface area (Å²) in [5.74, 6) is -1.74. The molecule has 0 radical (unpaired) electrons. The second-order valence-corrected chi connectivity index (χ2v) is 7.45. The van der Waals surface area contributed by atoms with Crippen LogP contribution in [0.15, 0.2) is 30.3 Å². The van der Waals surface area contributed by atoms with Gasteiger partial charge in [0, 0.05) is 18.8 Å². The highest BCUT2D eigenvalue weighted by Gasteiger charge is 2.75. The Morgan fingerprint density at radius 1 is 1.35 bits per heavy atom. The topological polar surface area (TPSA) is 80.7 Å². The van der Waals surface area contributed by atoms with E-state index in [0.29, 0.717) is 0 Å². The molecule has 0 spiro atoms. The maximum atomic E-state index is 12.2. The van der Waals surface area contributed by atoms with Crippen LogP contribution < -0.4 is 0 Å². The van der Waals surface area contributed by atoms with Gasteiger partial charge in [-0.3, -0.25) is 4.79 Å². The van der Waals surface area contributed by atoms with Gasteiger partial charge in [-0.2, -0.15) is 0 Å². The summed E-state index contributed by atoms with van der Waals surface area (Å²) in [6.07, 6.45) is 0. The quantitative estimate of drug-likeness (QED) is 0.856. The first-order valence-corrected chi connectivity index (χ1v) is 8.12. The molecule has 1 saturated carbocycles. The van der Waals surface area contributed by atoms with E-state index in [1.54, 1.807) is 24.3 Å². The van der Waals surface area contributed by atoms with Crippen LogP contribution in [0.4, 0.5) is 0 Å². The highest BCUT2D eigenvalue weighted by atomic mass is 32.2. The van der Waals surface area contributed by atoms with Crippen molar-refractivity contribution in [2.24, 2.45) is 5.41 Å². The van der Waals surface area contributed by atoms with Gasteiger partial charge in [-0.15, -0.1) is 0 Å². The van der Waals surface area contributed by atoms with Gasteiger partial charge >= 0.3 is 5.97 Å². The van der Waals surface area contributed by atoms with E-state index < -0.39 is 32.4 Å². The minimum absolute atomic E-state index is 0.0697. The van der Waals surface area contributed by atoms with Crippen molar-refractivity contribution >= 4 is 15.8 Å². The molecular weight excluding hydrogens is 280 g/mol. The number of carbonyl (C=O) groups is 1. The Morgan fingerprint density at radius 2 is 1.95 bits per heavy atom. The van der Waals surface area contributed by atoms with Crippen LogP contribution in [-0.4, -0.2) is 44.2 Å². The highest BCUT2D eigenvalue weighted by molar-refractivity contribution is 7.92. The van der Waals surface area contributed by atoms with Crippen molar-refractivity contribution in [3.63, 3.8) is 0 Å². The Labute approximate surface area is 118 Å². The number of sulfone groups is 1. The molecule has 0 aliphatic heterocycles. The van der Waals surface area contributed by atoms with E-state index >= 15 is 0 Å². The summed E-state index contributed by atoms with van der Waals surface area (Å²) in [4.78, 5) is 11.7. The fourth-order valence-electron chi connectivity index (χ4n) is 2.97. The average molecular weight is 298 g/mol. The minimum Gasteiger partial charge on any atom is -0.481 e. The van der Waals surface area contributed by atoms with Crippen molar-refractivity contribution in [3.05, 3.63) is 35.9 Å². The molecule has 1 aliphatic carbocycles. The summed E-state index contributed by atoms with van der Waals surface area (Å²) in [5.41, 5.74) is -0.640. The van der Waals surface area contributed by atoms with Gasteiger partial charge in [0.2, 0.25) is 0 Å². The van der Waals surface area contributed by atoms with E-state index in [2.05, 4.69) is 0 Å². The lowest BCUT2D eigenvalue weighted by Gasteiger charge is -2.11. The maximum Gasteiger partial charge on any atom is 0.314 e. The van der Waals surface area contributed by atoms with Crippen LogP contribution in [0.5, 0.6) is 0 Å². The molecule has 1 aromatic rings. The van der Waals surface area contributed by atoms with E-state index in [9.17, 15) is 18.3 Å². The zero-order valence-electron chi connectivity index (χ0n) is 11.4. The van der Waals surface area contributed by atoms with Gasteiger partial charge in [-0.25, -0.2) is 8.42 Å². The van der Waals surface area contributed by atoms with Crippen molar-refractivity contribution in [1.29, 1.82) is 0 Å². The molecule has 5 nitrogen and oxygen atoms in total. The molecule has 3 atom stereocenters. The molecule has 0 unspecified atom stereocenters. The zero-order valence-corrected chi connectivity index (χ0v) is 12.3. The number of ether oxygens (including phenoxy) is 1. The smallest absolute Gasteiger partial charge is 0.314 e. The minimum atomic E-state index is -3.46. The first-order chi connectivity index (χ1) is 9.41. The first kappa shape index (κ1) is 15.0. The van der Waals surface area contributed by atoms with E-state index in [-0.39, 0.29) is 12.4 Å². The molecule has 0 saturated heterocycles. The molecule has 0 bridgehead atoms. The lowest BCUT2D eigenvalue weighted by molar-refractivity contribution is -0.145. The van der Waals surface area contributed by atoms with Crippen LogP contribution in [0.3, 0.4) is 0 Å². The molecule has 1 aromatic carbocycles. The molecule has 20 heavy (non-hydrogen) atoms. The number of benzene rings is 1. The summed E-state index contributed by atoms with van der Waals surface area (Å²) in [6, 6.07) is 8.91. The molecule has 1 fully saturated rings. The Kier molecular flexibility index (Phi) is 3.88. The van der Waals surface area contributed by atoms with E-state index in [4.69, 9.17) is 4.74 Å². The number of methoxy groups -OCH3 is 1. The Bertz CT molecular complexity index is 595. The fraction of sp³-hybridized carbons (Fsp3) is 0.500. The third-order valence-electron chi connectivity index (χ3n) is 3.99. The summed E-state index contributed by atoms with van der Waals surface area (Å²) in [6.45, 7) is 1.43. The van der Waals surface area contributed by atoms with Crippen molar-refractivity contribution in [2.45, 2.75) is 18.1 Å². The summed E-state index contributed by atoms with van der Waals surface area (Å²) < 4.78 is 29.4. The summed E-state index contributed by atoms with van der Waals surface area (Å²) >= 11 is 0. The van der Waals surface area contributed by atoms with Crippen LogP contribution in [0.25, 0.3) is 0 Å². The lowest BCUT2D eigenvalue weighted by Crippen LogP contribution is -2.29. The normalized spacial score (nSPS) is 29.1. The van der Waals surface area contributed by atoms with Crippen molar-refractivity contribution in [1.82, 2.24) is 0 Å². The van der Waals surface area contributed by atoms with Crippen LogP contribution >= 0.6 is 0 Å². The Hall–Kier alpha value is -1.40. The van der Waals surface area contributed by atoms with Crippen LogP contribution in [0.1, 0.15) is 18.4 Å². The highest BCUT2D eigenvalue weighted by Crippen LogP contribution is 2.63. The molecule has 6 heteroatoms. The van der Waals surface area contributed by atoms with Crippen molar-refractivity contribution in [2.75, 3.05) is 19.5 Å². The van der Waals surface area contributed by atoms with Crippen LogP contribution in [0, 0.1) is 5.41 Å². The number of carboxylic acid groups (broad SMARTS) is 1. The molecule has 0 aromatic heterocycles. The molecule has 2 rings (SSSR count). The second kappa shape index (κ2) is 5.18. The zero-order chi connectivity index (χ0) is 15.0. The predicted molar refractivity (Wildman–Crippen MR) is 74.4 cm³/mol. The third kappa shape index (κ3) is 2.13. The van der Waals surface area contributed by atoms with Gasteiger partial charge in [0.1, 0.15) is 5.41 Å². The van der Waals surface area contributed by atoms with Crippen LogP contribution in [-0.2, 0) is 19.4 Å². The van der Waals surface area contributed by atoms with Gasteiger partial charge < -0.3 is 9.84 Å². The predicted octanol–water partition coefficient (Wildman–Crippen LogP) is 1.30. The third-order valence-corrected chi connectivity index (χ3v) is 6.26. The molecular formula is C14H18O5S. The maximum absolute atomic E-state index is 12.2. The Balaban J connectivity index is 2.51. The summed E-state index contributed by atoms with van der Waals surface area (Å²) in [5, 5.41) is 8.63. The number of hydrogen-bond acceptors (Lipinski definition) is 4. The lowest BCUT2D eigenvalue weighted by atomic mass is 10.0. The fourth-order valence-corrected chi connectivity index (χ4v) is 5.02. The number of hydrogen-bond donors (Lipinski definition) is 1. The summed E-state index contributed by atoms with van der Waals surface area (Å²) in [7, 11) is -2.07. The van der Waals surface area contributed by atoms with E-state index in [1.807, 2.05) is 6.07 Å².